The number of carbonyl (C=O) groups is 2. The van der Waals surface area contributed by atoms with Gasteiger partial charge in [-0.05, 0) is 51.3 Å². The Morgan fingerprint density at radius 2 is 2.00 bits per heavy atom. The number of hydrogen-bond donors (Lipinski definition) is 1. The average molecular weight is 366 g/mol. The molecule has 2 aromatic rings. The Morgan fingerprint density at radius 1 is 1.22 bits per heavy atom. The molecule has 141 valence electrons. The molecule has 0 bridgehead atoms. The van der Waals surface area contributed by atoms with Gasteiger partial charge < -0.3 is 4.74 Å². The first-order chi connectivity index (χ1) is 12.8. The number of pyridine rings is 1. The van der Waals surface area contributed by atoms with Crippen molar-refractivity contribution in [3.63, 3.8) is 0 Å². The minimum absolute atomic E-state index is 0.265. The van der Waals surface area contributed by atoms with Crippen LogP contribution in [0.2, 0.25) is 0 Å². The Kier molecular flexibility index (Phi) is 5.56. The smallest absolute Gasteiger partial charge is 0.325 e. The standard InChI is InChI=1S/C21H24N3O3/c1-21(2,3)27-20(26)18-11-7-13-24(18)23-19(25)17-10-5-4-9-16(17)15-8-6-12-22-14-15/h4-6,8-10,12,18H,7,11,13H2,1-3H3,(H,23,25). The summed E-state index contributed by atoms with van der Waals surface area (Å²) in [4.78, 5) is 29.4. The number of benzene rings is 1. The van der Waals surface area contributed by atoms with E-state index < -0.39 is 11.6 Å². The average Bonchev–Trinajstić information content (AvgIpc) is 3.09. The molecule has 6 nitrogen and oxygen atoms in total. The summed E-state index contributed by atoms with van der Waals surface area (Å²) >= 11 is 0. The predicted molar refractivity (Wildman–Crippen MR) is 102 cm³/mol. The highest BCUT2D eigenvalue weighted by Gasteiger charge is 2.35. The van der Waals surface area contributed by atoms with E-state index in [2.05, 4.69) is 16.6 Å². The van der Waals surface area contributed by atoms with E-state index in [9.17, 15) is 9.59 Å². The van der Waals surface area contributed by atoms with E-state index in [0.29, 0.717) is 18.5 Å². The van der Waals surface area contributed by atoms with Crippen LogP contribution in [0.15, 0.2) is 42.6 Å². The van der Waals surface area contributed by atoms with Gasteiger partial charge in [-0.2, -0.15) is 0 Å². The van der Waals surface area contributed by atoms with Crippen LogP contribution in [0.4, 0.5) is 0 Å². The van der Waals surface area contributed by atoms with E-state index >= 15 is 0 Å². The number of aromatic nitrogens is 1. The highest BCUT2D eigenvalue weighted by atomic mass is 16.6. The quantitative estimate of drug-likeness (QED) is 0.842. The molecule has 1 aromatic carbocycles. The monoisotopic (exact) mass is 366 g/mol. The van der Waals surface area contributed by atoms with Crippen molar-refractivity contribution in [3.8, 4) is 11.1 Å². The maximum absolute atomic E-state index is 12.9. The van der Waals surface area contributed by atoms with Crippen molar-refractivity contribution in [1.29, 1.82) is 0 Å². The molecule has 0 saturated carbocycles. The van der Waals surface area contributed by atoms with Gasteiger partial charge in [-0.25, -0.2) is 5.01 Å². The van der Waals surface area contributed by atoms with Crippen LogP contribution in [-0.2, 0) is 9.53 Å². The lowest BCUT2D eigenvalue weighted by atomic mass is 10.0. The molecule has 1 saturated heterocycles. The molecule has 1 amide bonds. The van der Waals surface area contributed by atoms with Crippen LogP contribution in [-0.4, -0.2) is 40.1 Å². The van der Waals surface area contributed by atoms with Gasteiger partial charge in [0.25, 0.3) is 5.91 Å². The maximum atomic E-state index is 12.9. The normalized spacial score (nSPS) is 17.5. The maximum Gasteiger partial charge on any atom is 0.325 e. The lowest BCUT2D eigenvalue weighted by Crippen LogP contribution is -2.49. The topological polar surface area (TPSA) is 71.5 Å². The Morgan fingerprint density at radius 3 is 2.70 bits per heavy atom. The molecule has 1 N–H and O–H groups in total. The van der Waals surface area contributed by atoms with E-state index in [1.54, 1.807) is 23.3 Å². The lowest BCUT2D eigenvalue weighted by Gasteiger charge is -2.27. The van der Waals surface area contributed by atoms with Gasteiger partial charge >= 0.3 is 5.97 Å². The van der Waals surface area contributed by atoms with E-state index in [4.69, 9.17) is 4.74 Å². The summed E-state index contributed by atoms with van der Waals surface area (Å²) in [6.07, 6.45) is 6.03. The third-order valence-electron chi connectivity index (χ3n) is 4.25. The summed E-state index contributed by atoms with van der Waals surface area (Å²) in [6.45, 7) is 6.12. The largest absolute Gasteiger partial charge is 0.459 e. The summed E-state index contributed by atoms with van der Waals surface area (Å²) in [5.41, 5.74) is 4.32. The number of hydrazine groups is 1. The molecular weight excluding hydrogens is 342 g/mol. The van der Waals surface area contributed by atoms with Crippen molar-refractivity contribution in [2.45, 2.75) is 45.3 Å². The van der Waals surface area contributed by atoms with E-state index in [1.165, 1.54) is 0 Å². The number of hydrogen-bond acceptors (Lipinski definition) is 5. The second kappa shape index (κ2) is 7.88. The Balaban J connectivity index is 1.77. The zero-order chi connectivity index (χ0) is 19.4. The van der Waals surface area contributed by atoms with Gasteiger partial charge in [0, 0.05) is 23.9 Å². The molecule has 1 fully saturated rings. The molecule has 1 aromatic heterocycles. The number of esters is 1. The number of carbonyl (C=O) groups excluding carboxylic acids is 2. The summed E-state index contributed by atoms with van der Waals surface area (Å²) < 4.78 is 5.49. The SMILES string of the molecule is CC(C)(C)OC(=O)C1CCCN1NC(=O)c1ccccc1-c1[c]nccc1. The van der Waals surface area contributed by atoms with Gasteiger partial charge in [0.1, 0.15) is 11.6 Å². The number of ether oxygens (including phenoxy) is 1. The molecule has 1 unspecified atom stereocenters. The minimum atomic E-state index is -0.557. The summed E-state index contributed by atoms with van der Waals surface area (Å²) in [5, 5.41) is 1.68. The first-order valence-corrected chi connectivity index (χ1v) is 9.08. The van der Waals surface area contributed by atoms with Crippen molar-refractivity contribution in [2.75, 3.05) is 6.54 Å². The number of nitrogens with one attached hydrogen (secondary N) is 1. The molecule has 27 heavy (non-hydrogen) atoms. The fourth-order valence-electron chi connectivity index (χ4n) is 3.10. The lowest BCUT2D eigenvalue weighted by molar-refractivity contribution is -0.161. The van der Waals surface area contributed by atoms with Crippen LogP contribution < -0.4 is 5.43 Å². The van der Waals surface area contributed by atoms with Crippen molar-refractivity contribution in [3.05, 3.63) is 54.4 Å². The van der Waals surface area contributed by atoms with Gasteiger partial charge in [0.15, 0.2) is 0 Å². The minimum Gasteiger partial charge on any atom is -0.459 e. The Hall–Kier alpha value is -2.73. The van der Waals surface area contributed by atoms with Crippen molar-refractivity contribution < 1.29 is 14.3 Å². The van der Waals surface area contributed by atoms with Gasteiger partial charge in [-0.1, -0.05) is 24.3 Å². The van der Waals surface area contributed by atoms with Crippen LogP contribution >= 0.6 is 0 Å². The summed E-state index contributed by atoms with van der Waals surface area (Å²) in [5.74, 6) is -0.576. The van der Waals surface area contributed by atoms with Gasteiger partial charge in [0.2, 0.25) is 0 Å². The van der Waals surface area contributed by atoms with E-state index in [1.807, 2.05) is 45.0 Å². The first-order valence-electron chi connectivity index (χ1n) is 9.08. The van der Waals surface area contributed by atoms with E-state index in [-0.39, 0.29) is 11.9 Å². The Bertz CT molecular complexity index is 815. The molecule has 1 radical (unpaired) electrons. The summed E-state index contributed by atoms with van der Waals surface area (Å²) in [6, 6.07) is 10.5. The number of amides is 1. The molecule has 0 spiro atoms. The number of rotatable bonds is 4. The van der Waals surface area contributed by atoms with Crippen molar-refractivity contribution >= 4 is 11.9 Å². The van der Waals surface area contributed by atoms with Crippen molar-refractivity contribution in [2.24, 2.45) is 0 Å². The van der Waals surface area contributed by atoms with Crippen LogP contribution in [0.5, 0.6) is 0 Å². The van der Waals surface area contributed by atoms with Crippen LogP contribution in [0.25, 0.3) is 11.1 Å². The highest BCUT2D eigenvalue weighted by Crippen LogP contribution is 2.24. The molecule has 0 aliphatic carbocycles. The Labute approximate surface area is 159 Å². The van der Waals surface area contributed by atoms with Crippen LogP contribution in [0.3, 0.4) is 0 Å². The summed E-state index contributed by atoms with van der Waals surface area (Å²) in [7, 11) is 0. The molecule has 1 aliphatic rings. The fourth-order valence-corrected chi connectivity index (χ4v) is 3.10. The fraction of sp³-hybridized carbons (Fsp3) is 0.381. The first kappa shape index (κ1) is 19.0. The van der Waals surface area contributed by atoms with Gasteiger partial charge in [-0.3, -0.25) is 20.0 Å². The van der Waals surface area contributed by atoms with Gasteiger partial charge in [0.05, 0.1) is 6.20 Å². The van der Waals surface area contributed by atoms with Gasteiger partial charge in [-0.15, -0.1) is 0 Å². The molecule has 2 heterocycles. The van der Waals surface area contributed by atoms with Crippen LogP contribution in [0, 0.1) is 6.20 Å². The predicted octanol–water partition coefficient (Wildman–Crippen LogP) is 3.00. The molecule has 1 atom stereocenters. The molecule has 1 aliphatic heterocycles. The highest BCUT2D eigenvalue weighted by molar-refractivity contribution is 6.00. The number of nitrogens with zero attached hydrogens (tertiary/aromatic N) is 2. The third-order valence-corrected chi connectivity index (χ3v) is 4.25. The third kappa shape index (κ3) is 4.71. The second-order valence-corrected chi connectivity index (χ2v) is 7.53. The molecule has 3 rings (SSSR count). The zero-order valence-corrected chi connectivity index (χ0v) is 15.9. The van der Waals surface area contributed by atoms with Crippen molar-refractivity contribution in [1.82, 2.24) is 15.4 Å². The van der Waals surface area contributed by atoms with E-state index in [0.717, 1.165) is 17.5 Å². The second-order valence-electron chi connectivity index (χ2n) is 7.53. The molecular formula is C21H24N3O3. The zero-order valence-electron chi connectivity index (χ0n) is 15.9. The van der Waals surface area contributed by atoms with Crippen LogP contribution in [0.1, 0.15) is 44.0 Å². The molecule has 6 heteroatoms.